The number of anilines is 3. The Bertz CT molecular complexity index is 1810. The Kier molecular flexibility index (Phi) is 7.84. The number of ether oxygens (including phenoxy) is 2. The van der Waals surface area contributed by atoms with Crippen LogP contribution in [0.15, 0.2) is 79.0 Å². The number of carbonyl (C=O) groups excluding carboxylic acids is 2. The Labute approximate surface area is 272 Å². The fourth-order valence-corrected chi connectivity index (χ4v) is 7.69. The molecule has 7 rings (SSSR count). The Balaban J connectivity index is 1.32. The summed E-state index contributed by atoms with van der Waals surface area (Å²) in [5.74, 6) is -1.09. The van der Waals surface area contributed by atoms with Gasteiger partial charge in [0.2, 0.25) is 0 Å². The third-order valence-electron chi connectivity index (χ3n) is 9.69. The summed E-state index contributed by atoms with van der Waals surface area (Å²) in [6.07, 6.45) is 1.92. The van der Waals surface area contributed by atoms with Gasteiger partial charge in [0.25, 0.3) is 11.8 Å². The van der Waals surface area contributed by atoms with E-state index in [2.05, 4.69) is 10.3 Å². The van der Waals surface area contributed by atoms with E-state index in [1.165, 1.54) is 0 Å². The van der Waals surface area contributed by atoms with Gasteiger partial charge in [-0.25, -0.2) is 4.39 Å². The van der Waals surface area contributed by atoms with Gasteiger partial charge in [-0.2, -0.15) is 0 Å². The Hall–Kier alpha value is -4.61. The van der Waals surface area contributed by atoms with E-state index in [1.807, 2.05) is 79.7 Å². The van der Waals surface area contributed by atoms with E-state index in [0.29, 0.717) is 60.0 Å². The van der Waals surface area contributed by atoms with Gasteiger partial charge in [0.05, 0.1) is 29.7 Å². The van der Waals surface area contributed by atoms with Crippen LogP contribution in [-0.4, -0.2) is 56.9 Å². The number of benzene rings is 3. The first-order valence-corrected chi connectivity index (χ1v) is 16.0. The number of carbonyl (C=O) groups is 2. The zero-order chi connectivity index (χ0) is 32.9. The topological polar surface area (TPSA) is 110 Å². The first kappa shape index (κ1) is 31.0. The highest BCUT2D eigenvalue weighted by Crippen LogP contribution is 2.59. The number of aliphatic hydroxyl groups is 1. The molecule has 1 N–H and O–H groups in total. The summed E-state index contributed by atoms with van der Waals surface area (Å²) in [6.45, 7) is 5.54. The number of aliphatic hydroxyl groups excluding tert-OH is 1. The number of hydrogen-bond donors (Lipinski definition) is 1. The predicted molar refractivity (Wildman–Crippen MR) is 173 cm³/mol. The molecule has 3 aliphatic heterocycles. The van der Waals surface area contributed by atoms with Gasteiger partial charge < -0.3 is 19.5 Å². The highest BCUT2D eigenvalue weighted by Gasteiger charge is 2.66. The van der Waals surface area contributed by atoms with Crippen molar-refractivity contribution in [2.45, 2.75) is 64.1 Å². The summed E-state index contributed by atoms with van der Waals surface area (Å²) in [7, 11) is 0. The van der Waals surface area contributed by atoms with Crippen molar-refractivity contribution in [1.29, 1.82) is 0 Å². The van der Waals surface area contributed by atoms with E-state index in [9.17, 15) is 14.7 Å². The predicted octanol–water partition coefficient (Wildman–Crippen LogP) is 5.10. The molecule has 0 saturated carbocycles. The van der Waals surface area contributed by atoms with Crippen molar-refractivity contribution in [1.82, 2.24) is 15.0 Å². The number of halogens is 1. The monoisotopic (exact) mass is 639 g/mol. The fraction of sp³-hybridized carbons (Fsp3) is 0.389. The molecule has 244 valence electrons. The summed E-state index contributed by atoms with van der Waals surface area (Å²) in [6, 6.07) is 22.6. The van der Waals surface area contributed by atoms with E-state index in [0.717, 1.165) is 5.56 Å². The van der Waals surface area contributed by atoms with E-state index in [1.54, 1.807) is 34.5 Å². The molecular formula is C36H38FN5O5. The minimum atomic E-state index is -1.68. The number of aryl methyl sites for hydroxylation is 1. The molecule has 1 saturated heterocycles. The largest absolute Gasteiger partial charge is 0.482 e. The number of para-hydroxylation sites is 2. The molecule has 4 aromatic rings. The third kappa shape index (κ3) is 5.27. The van der Waals surface area contributed by atoms with Gasteiger partial charge in [-0.1, -0.05) is 54.6 Å². The van der Waals surface area contributed by atoms with Crippen molar-refractivity contribution in [3.63, 3.8) is 0 Å². The minimum absolute atomic E-state index is 0.0345. The minimum Gasteiger partial charge on any atom is -0.482 e. The van der Waals surface area contributed by atoms with E-state index in [-0.39, 0.29) is 25.0 Å². The van der Waals surface area contributed by atoms with Gasteiger partial charge in [-0.05, 0) is 56.2 Å². The van der Waals surface area contributed by atoms with Crippen molar-refractivity contribution >= 4 is 28.9 Å². The second-order valence-electron chi connectivity index (χ2n) is 13.1. The van der Waals surface area contributed by atoms with Crippen LogP contribution in [0.3, 0.4) is 0 Å². The van der Waals surface area contributed by atoms with Gasteiger partial charge in [0, 0.05) is 48.9 Å². The first-order chi connectivity index (χ1) is 22.6. The molecule has 11 heteroatoms. The van der Waals surface area contributed by atoms with E-state index >= 15 is 4.39 Å². The zero-order valence-corrected chi connectivity index (χ0v) is 26.7. The molecule has 0 radical (unpaired) electrons. The van der Waals surface area contributed by atoms with Crippen LogP contribution < -0.4 is 14.5 Å². The van der Waals surface area contributed by atoms with Crippen molar-refractivity contribution in [2.75, 3.05) is 23.0 Å². The van der Waals surface area contributed by atoms with Gasteiger partial charge in [0.15, 0.2) is 12.2 Å². The Morgan fingerprint density at radius 2 is 1.81 bits per heavy atom. The average Bonchev–Trinajstić information content (AvgIpc) is 3.70. The zero-order valence-electron chi connectivity index (χ0n) is 26.7. The molecule has 3 aliphatic rings. The van der Waals surface area contributed by atoms with Crippen LogP contribution in [0, 0.1) is 11.8 Å². The summed E-state index contributed by atoms with van der Waals surface area (Å²) in [5.41, 5.74) is 0.910. The molecule has 0 unspecified atom stereocenters. The molecule has 47 heavy (non-hydrogen) atoms. The normalized spacial score (nSPS) is 23.7. The molecule has 3 aromatic carbocycles. The number of alkyl halides is 1. The highest BCUT2D eigenvalue weighted by molar-refractivity contribution is 6.09. The van der Waals surface area contributed by atoms with E-state index < -0.39 is 29.2 Å². The molecule has 0 bridgehead atoms. The molecule has 1 fully saturated rings. The molecule has 1 aromatic heterocycles. The smallest absolute Gasteiger partial charge is 0.269 e. The molecule has 10 nitrogen and oxygen atoms in total. The summed E-state index contributed by atoms with van der Waals surface area (Å²) in [4.78, 5) is 31.5. The average molecular weight is 640 g/mol. The lowest BCUT2D eigenvalue weighted by atomic mass is 9.71. The molecular weight excluding hydrogens is 601 g/mol. The van der Waals surface area contributed by atoms with Crippen molar-refractivity contribution in [3.05, 3.63) is 95.8 Å². The number of aromatic nitrogens is 3. The maximum Gasteiger partial charge on any atom is 0.269 e. The molecule has 4 heterocycles. The second kappa shape index (κ2) is 11.9. The lowest BCUT2D eigenvalue weighted by Crippen LogP contribution is -2.45. The number of hydrogen-bond acceptors (Lipinski definition) is 7. The number of amides is 2. The summed E-state index contributed by atoms with van der Waals surface area (Å²) < 4.78 is 30.5. The number of rotatable bonds is 9. The molecule has 0 aliphatic carbocycles. The fourth-order valence-electron chi connectivity index (χ4n) is 7.69. The SMILES string of the molecule is C[C@H]1[C@H](C(C)(C)F)[C@@H](CCn2cc(CCO)nn2)O[C@]12C(=O)N(Cc1ccccc1)c1ccc(N3C(=O)COc4ccccc43)cc12. The standard InChI is InChI=1S/C36H38FN5O5/c1-23-33(35(2,3)37)31(15-17-40-21-25(16-18-43)38-39-40)47-36(23)27-19-26(42-29-11-7-8-12-30(29)46-22-32(42)44)13-14-28(27)41(34(36)45)20-24-9-5-4-6-10-24/h4-14,19,21,23,31,33,43H,15-18,20,22H2,1-3H3/t23-,31+,33-,36+/m0/s1. The quantitative estimate of drug-likeness (QED) is 0.271. The van der Waals surface area contributed by atoms with Crippen molar-refractivity contribution in [2.24, 2.45) is 11.8 Å². The van der Waals surface area contributed by atoms with Crippen LogP contribution in [0.5, 0.6) is 5.75 Å². The van der Waals surface area contributed by atoms with Crippen LogP contribution in [0.25, 0.3) is 0 Å². The maximum absolute atomic E-state index is 16.3. The van der Waals surface area contributed by atoms with Gasteiger partial charge >= 0.3 is 0 Å². The third-order valence-corrected chi connectivity index (χ3v) is 9.69. The summed E-state index contributed by atoms with van der Waals surface area (Å²) in [5, 5.41) is 17.6. The van der Waals surface area contributed by atoms with E-state index in [4.69, 9.17) is 9.47 Å². The maximum atomic E-state index is 16.3. The summed E-state index contributed by atoms with van der Waals surface area (Å²) >= 11 is 0. The van der Waals surface area contributed by atoms with Crippen LogP contribution in [0.2, 0.25) is 0 Å². The van der Waals surface area contributed by atoms with Crippen molar-refractivity contribution in [3.8, 4) is 5.75 Å². The van der Waals surface area contributed by atoms with Gasteiger partial charge in [-0.15, -0.1) is 5.10 Å². The number of nitrogens with zero attached hydrogens (tertiary/aromatic N) is 5. The molecule has 2 amide bonds. The molecule has 4 atom stereocenters. The van der Waals surface area contributed by atoms with Crippen LogP contribution in [-0.2, 0) is 39.4 Å². The van der Waals surface area contributed by atoms with Crippen LogP contribution in [0.1, 0.15) is 44.0 Å². The lowest BCUT2D eigenvalue weighted by molar-refractivity contribution is -0.146. The Morgan fingerprint density at radius 3 is 2.57 bits per heavy atom. The Morgan fingerprint density at radius 1 is 1.04 bits per heavy atom. The lowest BCUT2D eigenvalue weighted by Gasteiger charge is -2.33. The second-order valence-corrected chi connectivity index (χ2v) is 13.1. The van der Waals surface area contributed by atoms with Crippen LogP contribution in [0.4, 0.5) is 21.5 Å². The van der Waals surface area contributed by atoms with Gasteiger partial charge in [0.1, 0.15) is 11.4 Å². The van der Waals surface area contributed by atoms with Crippen LogP contribution >= 0.6 is 0 Å². The highest BCUT2D eigenvalue weighted by atomic mass is 19.1. The first-order valence-electron chi connectivity index (χ1n) is 16.0. The molecule has 1 spiro atoms. The van der Waals surface area contributed by atoms with Crippen molar-refractivity contribution < 1.29 is 28.6 Å². The van der Waals surface area contributed by atoms with Gasteiger partial charge in [-0.3, -0.25) is 19.2 Å². The number of fused-ring (bicyclic) bond motifs is 3.